The highest BCUT2D eigenvalue weighted by atomic mass is 32.2. The second-order valence-corrected chi connectivity index (χ2v) is 5.88. The Bertz CT molecular complexity index is 459. The van der Waals surface area contributed by atoms with Crippen molar-refractivity contribution in [2.24, 2.45) is 0 Å². The molecule has 1 unspecified atom stereocenters. The van der Waals surface area contributed by atoms with Crippen LogP contribution in [-0.4, -0.2) is 36.7 Å². The van der Waals surface area contributed by atoms with E-state index in [1.165, 1.54) is 5.56 Å². The molecule has 1 fully saturated rings. The van der Waals surface area contributed by atoms with E-state index in [1.807, 2.05) is 19.9 Å². The summed E-state index contributed by atoms with van der Waals surface area (Å²) in [6, 6.07) is 6.17. The van der Waals surface area contributed by atoms with Crippen LogP contribution in [0.5, 0.6) is 5.75 Å². The number of benzene rings is 1. The minimum absolute atomic E-state index is 0.0259. The Kier molecular flexibility index (Phi) is 5.73. The zero-order chi connectivity index (χ0) is 14.4. The van der Waals surface area contributed by atoms with Crippen molar-refractivity contribution in [1.82, 2.24) is 10.6 Å². The van der Waals surface area contributed by atoms with Gasteiger partial charge in [-0.15, -0.1) is 11.8 Å². The topological polar surface area (TPSA) is 50.4 Å². The Hall–Kier alpha value is -1.20. The van der Waals surface area contributed by atoms with Gasteiger partial charge in [0.25, 0.3) is 0 Å². The fourth-order valence-corrected chi connectivity index (χ4v) is 3.14. The Labute approximate surface area is 124 Å². The van der Waals surface area contributed by atoms with Crippen LogP contribution in [0.3, 0.4) is 0 Å². The highest BCUT2D eigenvalue weighted by Crippen LogP contribution is 2.19. The number of rotatable bonds is 6. The fourth-order valence-electron chi connectivity index (χ4n) is 2.20. The van der Waals surface area contributed by atoms with Crippen molar-refractivity contribution >= 4 is 17.7 Å². The van der Waals surface area contributed by atoms with E-state index in [2.05, 4.69) is 22.8 Å². The Morgan fingerprint density at radius 2 is 2.40 bits per heavy atom. The van der Waals surface area contributed by atoms with Crippen molar-refractivity contribution < 1.29 is 9.53 Å². The predicted molar refractivity (Wildman–Crippen MR) is 83.3 cm³/mol. The molecule has 5 heteroatoms. The SMILES string of the molecule is CCOc1ccc(CCNC(=O)C2CSCN2)cc1C. The molecule has 2 N–H and O–H groups in total. The third-order valence-electron chi connectivity index (χ3n) is 3.28. The summed E-state index contributed by atoms with van der Waals surface area (Å²) < 4.78 is 5.52. The van der Waals surface area contributed by atoms with Crippen molar-refractivity contribution in [2.75, 3.05) is 24.8 Å². The number of amides is 1. The van der Waals surface area contributed by atoms with Gasteiger partial charge in [-0.05, 0) is 37.5 Å². The van der Waals surface area contributed by atoms with Gasteiger partial charge in [0.05, 0.1) is 12.6 Å². The van der Waals surface area contributed by atoms with Crippen LogP contribution in [-0.2, 0) is 11.2 Å². The largest absolute Gasteiger partial charge is 0.494 e. The molecular weight excluding hydrogens is 272 g/mol. The molecule has 1 aromatic carbocycles. The summed E-state index contributed by atoms with van der Waals surface area (Å²) in [6.45, 7) is 5.39. The first kappa shape index (κ1) is 15.2. The van der Waals surface area contributed by atoms with E-state index in [4.69, 9.17) is 4.74 Å². The molecule has 1 aromatic rings. The predicted octanol–water partition coefficient (Wildman–Crippen LogP) is 1.71. The first-order valence-corrected chi connectivity index (χ1v) is 8.17. The maximum atomic E-state index is 11.8. The van der Waals surface area contributed by atoms with E-state index >= 15 is 0 Å². The van der Waals surface area contributed by atoms with Gasteiger partial charge >= 0.3 is 0 Å². The first-order valence-electron chi connectivity index (χ1n) is 7.02. The van der Waals surface area contributed by atoms with Crippen LogP contribution in [0.4, 0.5) is 0 Å². The third-order valence-corrected chi connectivity index (χ3v) is 4.22. The van der Waals surface area contributed by atoms with Crippen LogP contribution in [0.15, 0.2) is 18.2 Å². The lowest BCUT2D eigenvalue weighted by Gasteiger charge is -2.12. The lowest BCUT2D eigenvalue weighted by Crippen LogP contribution is -2.42. The summed E-state index contributed by atoms with van der Waals surface area (Å²) in [4.78, 5) is 11.8. The van der Waals surface area contributed by atoms with E-state index in [-0.39, 0.29) is 11.9 Å². The molecule has 0 bridgehead atoms. The van der Waals surface area contributed by atoms with Crippen LogP contribution in [0, 0.1) is 6.92 Å². The maximum absolute atomic E-state index is 11.8. The molecule has 20 heavy (non-hydrogen) atoms. The summed E-state index contributed by atoms with van der Waals surface area (Å²) in [5.41, 5.74) is 2.37. The molecular formula is C15H22N2O2S. The zero-order valence-corrected chi connectivity index (χ0v) is 12.9. The lowest BCUT2D eigenvalue weighted by atomic mass is 10.1. The zero-order valence-electron chi connectivity index (χ0n) is 12.1. The molecule has 110 valence electrons. The number of carbonyl (C=O) groups is 1. The van der Waals surface area contributed by atoms with Gasteiger partial charge < -0.3 is 10.1 Å². The average molecular weight is 294 g/mol. The molecule has 1 amide bonds. The van der Waals surface area contributed by atoms with Gasteiger partial charge in [-0.1, -0.05) is 12.1 Å². The number of hydrogen-bond donors (Lipinski definition) is 2. The molecule has 1 aliphatic heterocycles. The number of nitrogens with one attached hydrogen (secondary N) is 2. The van der Waals surface area contributed by atoms with Gasteiger partial charge in [0, 0.05) is 18.2 Å². The molecule has 0 spiro atoms. The van der Waals surface area contributed by atoms with E-state index in [0.717, 1.165) is 29.4 Å². The Morgan fingerprint density at radius 3 is 3.05 bits per heavy atom. The van der Waals surface area contributed by atoms with Crippen molar-refractivity contribution in [3.05, 3.63) is 29.3 Å². The average Bonchev–Trinajstić information content (AvgIpc) is 2.96. The van der Waals surface area contributed by atoms with Crippen molar-refractivity contribution in [1.29, 1.82) is 0 Å². The minimum Gasteiger partial charge on any atom is -0.494 e. The number of thioether (sulfide) groups is 1. The number of ether oxygens (including phenoxy) is 1. The second kappa shape index (κ2) is 7.55. The van der Waals surface area contributed by atoms with Crippen LogP contribution in [0.2, 0.25) is 0 Å². The number of aryl methyl sites for hydroxylation is 1. The van der Waals surface area contributed by atoms with Crippen molar-refractivity contribution in [2.45, 2.75) is 26.3 Å². The normalized spacial score (nSPS) is 18.0. The van der Waals surface area contributed by atoms with Gasteiger partial charge in [-0.3, -0.25) is 10.1 Å². The van der Waals surface area contributed by atoms with Crippen molar-refractivity contribution in [3.8, 4) is 5.75 Å². The molecule has 2 rings (SSSR count). The van der Waals surface area contributed by atoms with E-state index in [0.29, 0.717) is 13.2 Å². The Balaban J connectivity index is 1.79. The summed E-state index contributed by atoms with van der Waals surface area (Å²) in [7, 11) is 0. The number of hydrogen-bond acceptors (Lipinski definition) is 4. The smallest absolute Gasteiger partial charge is 0.238 e. The minimum atomic E-state index is -0.0259. The molecule has 0 saturated carbocycles. The van der Waals surface area contributed by atoms with Gasteiger partial charge in [0.2, 0.25) is 5.91 Å². The summed E-state index contributed by atoms with van der Waals surface area (Å²) in [5.74, 6) is 2.79. The molecule has 1 heterocycles. The fraction of sp³-hybridized carbons (Fsp3) is 0.533. The first-order chi connectivity index (χ1) is 9.70. The molecule has 1 saturated heterocycles. The molecule has 0 aromatic heterocycles. The van der Waals surface area contributed by atoms with Crippen LogP contribution in [0.25, 0.3) is 0 Å². The highest BCUT2D eigenvalue weighted by molar-refractivity contribution is 7.99. The van der Waals surface area contributed by atoms with Crippen LogP contribution < -0.4 is 15.4 Å². The summed E-state index contributed by atoms with van der Waals surface area (Å²) in [6.07, 6.45) is 0.846. The van der Waals surface area contributed by atoms with Gasteiger partial charge in [0.15, 0.2) is 0 Å². The van der Waals surface area contributed by atoms with E-state index in [1.54, 1.807) is 11.8 Å². The van der Waals surface area contributed by atoms with Crippen LogP contribution >= 0.6 is 11.8 Å². The van der Waals surface area contributed by atoms with E-state index in [9.17, 15) is 4.79 Å². The van der Waals surface area contributed by atoms with E-state index < -0.39 is 0 Å². The highest BCUT2D eigenvalue weighted by Gasteiger charge is 2.21. The molecule has 0 aliphatic carbocycles. The number of carbonyl (C=O) groups excluding carboxylic acids is 1. The summed E-state index contributed by atoms with van der Waals surface area (Å²) in [5, 5.41) is 6.16. The molecule has 1 atom stereocenters. The third kappa shape index (κ3) is 4.15. The van der Waals surface area contributed by atoms with Crippen molar-refractivity contribution in [3.63, 3.8) is 0 Å². The molecule has 1 aliphatic rings. The molecule has 0 radical (unpaired) electrons. The van der Waals surface area contributed by atoms with Gasteiger partial charge in [0.1, 0.15) is 5.75 Å². The maximum Gasteiger partial charge on any atom is 0.238 e. The van der Waals surface area contributed by atoms with Crippen LogP contribution in [0.1, 0.15) is 18.1 Å². The molecule has 4 nitrogen and oxygen atoms in total. The van der Waals surface area contributed by atoms with Gasteiger partial charge in [-0.25, -0.2) is 0 Å². The van der Waals surface area contributed by atoms with Gasteiger partial charge in [-0.2, -0.15) is 0 Å². The standard InChI is InChI=1S/C15H22N2O2S/c1-3-19-14-5-4-12(8-11(14)2)6-7-16-15(18)13-9-20-10-17-13/h4-5,8,13,17H,3,6-7,9-10H2,1-2H3,(H,16,18). The Morgan fingerprint density at radius 1 is 1.55 bits per heavy atom. The second-order valence-electron chi connectivity index (χ2n) is 4.85. The lowest BCUT2D eigenvalue weighted by molar-refractivity contribution is -0.122. The monoisotopic (exact) mass is 294 g/mol. The quantitative estimate of drug-likeness (QED) is 0.839. The summed E-state index contributed by atoms with van der Waals surface area (Å²) >= 11 is 1.76.